The normalized spacial score (nSPS) is 10.7. The van der Waals surface area contributed by atoms with Crippen LogP contribution in [-0.2, 0) is 6.54 Å². The molecule has 0 aliphatic rings. The van der Waals surface area contributed by atoms with E-state index < -0.39 is 4.92 Å². The minimum absolute atomic E-state index is 0.0774. The summed E-state index contributed by atoms with van der Waals surface area (Å²) in [5, 5.41) is 14.7. The molecule has 0 saturated heterocycles. The minimum atomic E-state index is -0.501. The van der Waals surface area contributed by atoms with Crippen molar-refractivity contribution in [2.24, 2.45) is 0 Å². The number of rotatable bonds is 3. The highest BCUT2D eigenvalue weighted by atomic mass is 16.6. The second kappa shape index (κ2) is 4.68. The second-order valence-corrected chi connectivity index (χ2v) is 4.29. The van der Waals surface area contributed by atoms with Gasteiger partial charge >= 0.3 is 0 Å². The van der Waals surface area contributed by atoms with Crippen LogP contribution in [0, 0.1) is 30.9 Å². The number of hydrogen-bond acceptors (Lipinski definition) is 5. The van der Waals surface area contributed by atoms with Crippen LogP contribution < -0.4 is 5.56 Å². The summed E-state index contributed by atoms with van der Waals surface area (Å²) in [6.45, 7) is 5.28. The molecular formula is C12H13N3O4. The van der Waals surface area contributed by atoms with Crippen LogP contribution in [0.2, 0.25) is 0 Å². The van der Waals surface area contributed by atoms with Crippen molar-refractivity contribution >= 4 is 5.69 Å². The molecule has 19 heavy (non-hydrogen) atoms. The summed E-state index contributed by atoms with van der Waals surface area (Å²) in [5.74, 6) is 0.607. The molecule has 0 spiro atoms. The van der Waals surface area contributed by atoms with E-state index in [2.05, 4.69) is 5.16 Å². The van der Waals surface area contributed by atoms with Crippen LogP contribution >= 0.6 is 0 Å². The highest BCUT2D eigenvalue weighted by Gasteiger charge is 2.17. The number of hydrogen-bond donors (Lipinski definition) is 0. The summed E-state index contributed by atoms with van der Waals surface area (Å²) in [6, 6.07) is 2.42. The molecule has 2 rings (SSSR count). The SMILES string of the molecule is Cc1noc(C)c1Cn1c(C)c([N+](=O)[O-])ccc1=O. The van der Waals surface area contributed by atoms with E-state index in [1.807, 2.05) is 0 Å². The molecule has 0 aliphatic carbocycles. The maximum Gasteiger partial charge on any atom is 0.288 e. The van der Waals surface area contributed by atoms with Gasteiger partial charge in [-0.15, -0.1) is 0 Å². The van der Waals surface area contributed by atoms with Gasteiger partial charge in [-0.1, -0.05) is 5.16 Å². The van der Waals surface area contributed by atoms with Crippen LogP contribution in [0.1, 0.15) is 22.7 Å². The Kier molecular flexibility index (Phi) is 3.20. The van der Waals surface area contributed by atoms with Crippen molar-refractivity contribution in [3.05, 3.63) is 55.3 Å². The monoisotopic (exact) mass is 263 g/mol. The van der Waals surface area contributed by atoms with E-state index in [9.17, 15) is 14.9 Å². The average molecular weight is 263 g/mol. The van der Waals surface area contributed by atoms with Crippen molar-refractivity contribution in [1.29, 1.82) is 0 Å². The number of nitrogens with zero attached hydrogens (tertiary/aromatic N) is 3. The molecule has 0 radical (unpaired) electrons. The fraction of sp³-hybridized carbons (Fsp3) is 0.333. The van der Waals surface area contributed by atoms with Gasteiger partial charge in [-0.3, -0.25) is 14.9 Å². The van der Waals surface area contributed by atoms with Crippen molar-refractivity contribution < 1.29 is 9.45 Å². The van der Waals surface area contributed by atoms with Gasteiger partial charge in [0.15, 0.2) is 0 Å². The van der Waals surface area contributed by atoms with Crippen molar-refractivity contribution in [3.8, 4) is 0 Å². The van der Waals surface area contributed by atoms with E-state index in [4.69, 9.17) is 4.52 Å². The van der Waals surface area contributed by atoms with Gasteiger partial charge in [0, 0.05) is 17.7 Å². The van der Waals surface area contributed by atoms with E-state index in [1.165, 1.54) is 16.7 Å². The lowest BCUT2D eigenvalue weighted by atomic mass is 10.2. The first-order chi connectivity index (χ1) is 8.91. The zero-order chi connectivity index (χ0) is 14.2. The lowest BCUT2D eigenvalue weighted by Gasteiger charge is -2.09. The van der Waals surface area contributed by atoms with Gasteiger partial charge in [0.2, 0.25) is 0 Å². The topological polar surface area (TPSA) is 91.2 Å². The molecular weight excluding hydrogens is 250 g/mol. The van der Waals surface area contributed by atoms with Crippen molar-refractivity contribution in [2.45, 2.75) is 27.3 Å². The Hall–Kier alpha value is -2.44. The second-order valence-electron chi connectivity index (χ2n) is 4.29. The van der Waals surface area contributed by atoms with Crippen LogP contribution in [0.5, 0.6) is 0 Å². The molecule has 100 valence electrons. The first-order valence-electron chi connectivity index (χ1n) is 5.68. The molecule has 0 amide bonds. The Balaban J connectivity index is 2.54. The van der Waals surface area contributed by atoms with Crippen molar-refractivity contribution in [2.75, 3.05) is 0 Å². The number of nitro groups is 1. The van der Waals surface area contributed by atoms with E-state index in [0.29, 0.717) is 17.1 Å². The van der Waals surface area contributed by atoms with Crippen LogP contribution in [-0.4, -0.2) is 14.6 Å². The van der Waals surface area contributed by atoms with E-state index in [0.717, 1.165) is 5.56 Å². The van der Waals surface area contributed by atoms with Crippen molar-refractivity contribution in [3.63, 3.8) is 0 Å². The average Bonchev–Trinajstić information content (AvgIpc) is 2.64. The Labute approximate surface area is 108 Å². The van der Waals surface area contributed by atoms with E-state index in [-0.39, 0.29) is 17.8 Å². The predicted molar refractivity (Wildman–Crippen MR) is 67.2 cm³/mol. The minimum Gasteiger partial charge on any atom is -0.361 e. The van der Waals surface area contributed by atoms with Gasteiger partial charge < -0.3 is 9.09 Å². The summed E-state index contributed by atoms with van der Waals surface area (Å²) in [6.07, 6.45) is 0. The van der Waals surface area contributed by atoms with Gasteiger partial charge in [0.05, 0.1) is 22.9 Å². The molecule has 0 bridgehead atoms. The van der Waals surface area contributed by atoms with E-state index in [1.54, 1.807) is 20.8 Å². The molecule has 0 aromatic carbocycles. The summed E-state index contributed by atoms with van der Waals surface area (Å²) < 4.78 is 6.38. The third kappa shape index (κ3) is 2.26. The third-order valence-corrected chi connectivity index (χ3v) is 3.12. The molecule has 0 aliphatic heterocycles. The Bertz CT molecular complexity index is 680. The Morgan fingerprint density at radius 2 is 2.05 bits per heavy atom. The highest BCUT2D eigenvalue weighted by molar-refractivity contribution is 5.35. The smallest absolute Gasteiger partial charge is 0.288 e. The Morgan fingerprint density at radius 3 is 2.58 bits per heavy atom. The first kappa shape index (κ1) is 13.0. The largest absolute Gasteiger partial charge is 0.361 e. The quantitative estimate of drug-likeness (QED) is 0.621. The molecule has 2 aromatic rings. The molecule has 2 aromatic heterocycles. The first-order valence-corrected chi connectivity index (χ1v) is 5.68. The molecule has 7 nitrogen and oxygen atoms in total. The lowest BCUT2D eigenvalue weighted by Crippen LogP contribution is -2.23. The summed E-state index contributed by atoms with van der Waals surface area (Å²) in [5.41, 5.74) is 1.40. The zero-order valence-electron chi connectivity index (χ0n) is 10.8. The van der Waals surface area contributed by atoms with Gasteiger partial charge in [0.25, 0.3) is 11.2 Å². The van der Waals surface area contributed by atoms with Crippen LogP contribution in [0.4, 0.5) is 5.69 Å². The highest BCUT2D eigenvalue weighted by Crippen LogP contribution is 2.18. The van der Waals surface area contributed by atoms with E-state index >= 15 is 0 Å². The summed E-state index contributed by atoms with van der Waals surface area (Å²) in [4.78, 5) is 22.2. The number of aromatic nitrogens is 2. The molecule has 0 unspecified atom stereocenters. The maximum absolute atomic E-state index is 11.9. The van der Waals surface area contributed by atoms with Gasteiger partial charge in [0.1, 0.15) is 5.76 Å². The van der Waals surface area contributed by atoms with Gasteiger partial charge in [-0.25, -0.2) is 0 Å². The van der Waals surface area contributed by atoms with Crippen LogP contribution in [0.3, 0.4) is 0 Å². The number of pyridine rings is 1. The zero-order valence-corrected chi connectivity index (χ0v) is 10.8. The van der Waals surface area contributed by atoms with Gasteiger partial charge in [-0.05, 0) is 20.8 Å². The standard InChI is InChI=1S/C12H13N3O4/c1-7-10(9(3)19-13-7)6-14-8(2)11(15(17)18)4-5-12(14)16/h4-5H,6H2,1-3H3. The van der Waals surface area contributed by atoms with Crippen LogP contribution in [0.25, 0.3) is 0 Å². The van der Waals surface area contributed by atoms with Crippen molar-refractivity contribution in [1.82, 2.24) is 9.72 Å². The molecule has 2 heterocycles. The third-order valence-electron chi connectivity index (χ3n) is 3.12. The molecule has 0 atom stereocenters. The lowest BCUT2D eigenvalue weighted by molar-refractivity contribution is -0.386. The molecule has 7 heteroatoms. The molecule has 0 saturated carbocycles. The Morgan fingerprint density at radius 1 is 1.37 bits per heavy atom. The molecule has 0 N–H and O–H groups in total. The summed E-state index contributed by atoms with van der Waals surface area (Å²) in [7, 11) is 0. The van der Waals surface area contributed by atoms with Gasteiger partial charge in [-0.2, -0.15) is 0 Å². The fourth-order valence-electron chi connectivity index (χ4n) is 1.94. The van der Waals surface area contributed by atoms with Crippen LogP contribution in [0.15, 0.2) is 21.5 Å². The maximum atomic E-state index is 11.9. The fourth-order valence-corrected chi connectivity index (χ4v) is 1.94. The predicted octanol–water partition coefficient (Wildman–Crippen LogP) is 1.72. The summed E-state index contributed by atoms with van der Waals surface area (Å²) >= 11 is 0. The number of aryl methyl sites for hydroxylation is 2. The molecule has 0 fully saturated rings.